The quantitative estimate of drug-likeness (QED) is 0.692. The Morgan fingerprint density at radius 1 is 1.38 bits per heavy atom. The zero-order valence-corrected chi connectivity index (χ0v) is 9.67. The van der Waals surface area contributed by atoms with Gasteiger partial charge in [-0.1, -0.05) is 26.0 Å². The van der Waals surface area contributed by atoms with E-state index in [4.69, 9.17) is 5.73 Å². The molecule has 0 saturated heterocycles. The fraction of sp³-hybridized carbons (Fsp3) is 0.667. The number of nitrogens with two attached hydrogens (primary N) is 1. The predicted molar refractivity (Wildman–Crippen MR) is 58.5 cm³/mol. The molecule has 2 fully saturated rings. The van der Waals surface area contributed by atoms with Crippen LogP contribution in [0.3, 0.4) is 0 Å². The number of carbonyl (C=O) groups excluding carboxylic acids is 1. The topological polar surface area (TPSA) is 80.4 Å². The van der Waals surface area contributed by atoms with Crippen molar-refractivity contribution in [1.82, 2.24) is 0 Å². The van der Waals surface area contributed by atoms with Crippen molar-refractivity contribution >= 4 is 11.9 Å². The zero-order valence-electron chi connectivity index (χ0n) is 9.67. The molecule has 0 spiro atoms. The molecule has 2 aliphatic carbocycles. The normalized spacial score (nSPS) is 40.0. The Kier molecular flexibility index (Phi) is 1.87. The van der Waals surface area contributed by atoms with E-state index >= 15 is 0 Å². The highest BCUT2D eigenvalue weighted by Crippen LogP contribution is 2.72. The van der Waals surface area contributed by atoms with Crippen LogP contribution in [0.4, 0.5) is 0 Å². The zero-order chi connectivity index (χ0) is 12.4. The third kappa shape index (κ3) is 0.867. The van der Waals surface area contributed by atoms with E-state index in [1.54, 1.807) is 0 Å². The number of hydrogen-bond acceptors (Lipinski definition) is 2. The summed E-state index contributed by atoms with van der Waals surface area (Å²) >= 11 is 0. The van der Waals surface area contributed by atoms with Crippen molar-refractivity contribution in [3.8, 4) is 0 Å². The largest absolute Gasteiger partial charge is 0.481 e. The summed E-state index contributed by atoms with van der Waals surface area (Å²) in [4.78, 5) is 23.1. The minimum atomic E-state index is -0.862. The lowest BCUT2D eigenvalue weighted by molar-refractivity contribution is -0.153. The molecule has 1 amide bonds. The van der Waals surface area contributed by atoms with Crippen molar-refractivity contribution in [3.05, 3.63) is 12.2 Å². The van der Waals surface area contributed by atoms with E-state index in [1.807, 2.05) is 13.8 Å². The Balaban J connectivity index is 2.61. The molecular formula is C12H17NO3. The monoisotopic (exact) mass is 223 g/mol. The maximum atomic E-state index is 11.6. The Hall–Kier alpha value is -1.32. The van der Waals surface area contributed by atoms with E-state index in [0.29, 0.717) is 24.8 Å². The molecule has 0 aromatic heterocycles. The number of carboxylic acids is 1. The van der Waals surface area contributed by atoms with E-state index in [9.17, 15) is 14.7 Å². The van der Waals surface area contributed by atoms with Crippen LogP contribution in [-0.4, -0.2) is 17.0 Å². The van der Waals surface area contributed by atoms with Gasteiger partial charge in [-0.3, -0.25) is 9.59 Å². The van der Waals surface area contributed by atoms with Crippen molar-refractivity contribution in [1.29, 1.82) is 0 Å². The van der Waals surface area contributed by atoms with Crippen LogP contribution in [0.5, 0.6) is 0 Å². The summed E-state index contributed by atoms with van der Waals surface area (Å²) in [5.74, 6) is -1.26. The number of amides is 1. The SMILES string of the molecule is C=C1C2(C(N)=O)CCC(C(=O)O)(C2)C1(C)C. The first kappa shape index (κ1) is 11.2. The Bertz CT molecular complexity index is 412. The van der Waals surface area contributed by atoms with Gasteiger partial charge >= 0.3 is 5.97 Å². The lowest BCUT2D eigenvalue weighted by Gasteiger charge is -2.41. The molecule has 2 atom stereocenters. The molecule has 88 valence electrons. The summed E-state index contributed by atoms with van der Waals surface area (Å²) in [7, 11) is 0. The molecule has 2 unspecified atom stereocenters. The minimum Gasteiger partial charge on any atom is -0.481 e. The molecule has 4 nitrogen and oxygen atoms in total. The van der Waals surface area contributed by atoms with Gasteiger partial charge in [-0.25, -0.2) is 0 Å². The molecule has 0 aromatic carbocycles. The summed E-state index contributed by atoms with van der Waals surface area (Å²) in [5.41, 5.74) is 3.93. The minimum absolute atomic E-state index is 0.316. The second-order valence-corrected chi connectivity index (χ2v) is 5.61. The van der Waals surface area contributed by atoms with Crippen LogP contribution in [0.25, 0.3) is 0 Å². The predicted octanol–water partition coefficient (Wildman–Crippen LogP) is 1.31. The van der Waals surface area contributed by atoms with Crippen molar-refractivity contribution in [2.24, 2.45) is 22.0 Å². The molecule has 2 aliphatic rings. The van der Waals surface area contributed by atoms with Gasteiger partial charge in [0.1, 0.15) is 0 Å². The summed E-state index contributed by atoms with van der Waals surface area (Å²) in [5, 5.41) is 9.45. The number of primary amides is 1. The van der Waals surface area contributed by atoms with E-state index < -0.39 is 28.1 Å². The third-order valence-electron chi connectivity index (χ3n) is 4.99. The third-order valence-corrected chi connectivity index (χ3v) is 4.99. The summed E-state index contributed by atoms with van der Waals surface area (Å²) in [6, 6.07) is 0. The van der Waals surface area contributed by atoms with Gasteiger partial charge in [0.05, 0.1) is 10.8 Å². The van der Waals surface area contributed by atoms with Crippen LogP contribution in [0.15, 0.2) is 12.2 Å². The molecule has 0 aromatic rings. The Morgan fingerprint density at radius 3 is 2.25 bits per heavy atom. The molecule has 2 rings (SSSR count). The van der Waals surface area contributed by atoms with Crippen LogP contribution in [0.1, 0.15) is 33.1 Å². The van der Waals surface area contributed by atoms with Gasteiger partial charge in [0.2, 0.25) is 5.91 Å². The van der Waals surface area contributed by atoms with Gasteiger partial charge in [0.25, 0.3) is 0 Å². The molecule has 3 N–H and O–H groups in total. The fourth-order valence-electron chi connectivity index (χ4n) is 3.61. The van der Waals surface area contributed by atoms with E-state index in [1.165, 1.54) is 0 Å². The van der Waals surface area contributed by atoms with Gasteiger partial charge in [-0.2, -0.15) is 0 Å². The van der Waals surface area contributed by atoms with Crippen molar-refractivity contribution < 1.29 is 14.7 Å². The van der Waals surface area contributed by atoms with Crippen molar-refractivity contribution in [3.63, 3.8) is 0 Å². The van der Waals surface area contributed by atoms with Crippen molar-refractivity contribution in [2.45, 2.75) is 33.1 Å². The van der Waals surface area contributed by atoms with E-state index in [0.717, 1.165) is 0 Å². The highest BCUT2D eigenvalue weighted by Gasteiger charge is 2.71. The highest BCUT2D eigenvalue weighted by molar-refractivity contribution is 5.91. The molecule has 4 heteroatoms. The first-order chi connectivity index (χ1) is 7.21. The van der Waals surface area contributed by atoms with E-state index in [2.05, 4.69) is 6.58 Å². The number of carboxylic acid groups (broad SMARTS) is 1. The highest BCUT2D eigenvalue weighted by atomic mass is 16.4. The number of aliphatic carboxylic acids is 1. The molecule has 16 heavy (non-hydrogen) atoms. The smallest absolute Gasteiger partial charge is 0.310 e. The lowest BCUT2D eigenvalue weighted by Crippen LogP contribution is -2.43. The molecular weight excluding hydrogens is 206 g/mol. The molecule has 2 bridgehead atoms. The second kappa shape index (κ2) is 2.67. The molecule has 0 radical (unpaired) electrons. The maximum Gasteiger partial charge on any atom is 0.310 e. The standard InChI is InChI=1S/C12H17NO3/c1-7-10(2,3)12(9(15)16)5-4-11(7,6-12)8(13)14/h1,4-6H2,2-3H3,(H2,13,14)(H,15,16). The van der Waals surface area contributed by atoms with E-state index in [-0.39, 0.29) is 0 Å². The molecule has 0 heterocycles. The fourth-order valence-corrected chi connectivity index (χ4v) is 3.61. The Labute approximate surface area is 94.5 Å². The van der Waals surface area contributed by atoms with Gasteiger partial charge in [-0.15, -0.1) is 0 Å². The van der Waals surface area contributed by atoms with Gasteiger partial charge in [-0.05, 0) is 19.3 Å². The first-order valence-corrected chi connectivity index (χ1v) is 5.44. The average molecular weight is 223 g/mol. The Morgan fingerprint density at radius 2 is 1.94 bits per heavy atom. The van der Waals surface area contributed by atoms with Crippen LogP contribution >= 0.6 is 0 Å². The second-order valence-electron chi connectivity index (χ2n) is 5.61. The van der Waals surface area contributed by atoms with Crippen LogP contribution in [-0.2, 0) is 9.59 Å². The van der Waals surface area contributed by atoms with Crippen molar-refractivity contribution in [2.75, 3.05) is 0 Å². The average Bonchev–Trinajstić information content (AvgIpc) is 2.64. The summed E-state index contributed by atoms with van der Waals surface area (Å²) in [6.45, 7) is 7.66. The van der Waals surface area contributed by atoms with Gasteiger partial charge in [0, 0.05) is 5.41 Å². The number of carbonyl (C=O) groups is 2. The number of rotatable bonds is 2. The summed E-state index contributed by atoms with van der Waals surface area (Å²) < 4.78 is 0. The maximum absolute atomic E-state index is 11.6. The van der Waals surface area contributed by atoms with Crippen LogP contribution in [0.2, 0.25) is 0 Å². The molecule has 2 saturated carbocycles. The first-order valence-electron chi connectivity index (χ1n) is 5.44. The molecule has 0 aliphatic heterocycles. The van der Waals surface area contributed by atoms with Gasteiger partial charge in [0.15, 0.2) is 0 Å². The number of fused-ring (bicyclic) bond motifs is 2. The van der Waals surface area contributed by atoms with Crippen LogP contribution in [0, 0.1) is 16.2 Å². The summed E-state index contributed by atoms with van der Waals surface area (Å²) in [6.07, 6.45) is 1.35. The van der Waals surface area contributed by atoms with Gasteiger partial charge < -0.3 is 10.8 Å². The van der Waals surface area contributed by atoms with Crippen LogP contribution < -0.4 is 5.73 Å². The lowest BCUT2D eigenvalue weighted by atomic mass is 9.61. The number of hydrogen-bond donors (Lipinski definition) is 2.